The van der Waals surface area contributed by atoms with E-state index >= 15 is 0 Å². The average molecular weight is 180 g/mol. The molecule has 0 aromatic carbocycles. The second-order valence-electron chi connectivity index (χ2n) is 4.98. The lowest BCUT2D eigenvalue weighted by Crippen LogP contribution is -2.54. The number of rotatable bonds is 1. The van der Waals surface area contributed by atoms with Crippen molar-refractivity contribution in [2.24, 2.45) is 23.7 Å². The maximum Gasteiger partial charge on any atom is 0.141 e. The second kappa shape index (κ2) is 2.57. The molecule has 0 aromatic heterocycles. The van der Waals surface area contributed by atoms with Crippen LogP contribution in [-0.4, -0.2) is 19.0 Å². The Labute approximate surface area is 78.6 Å². The van der Waals surface area contributed by atoms with Crippen molar-refractivity contribution in [3.63, 3.8) is 0 Å². The van der Waals surface area contributed by atoms with Gasteiger partial charge in [0.25, 0.3) is 0 Å². The normalized spacial score (nSPS) is 53.0. The van der Waals surface area contributed by atoms with Gasteiger partial charge in [0, 0.05) is 18.9 Å². The molecule has 0 amide bonds. The lowest BCUT2D eigenvalue weighted by molar-refractivity contribution is -0.158. The quantitative estimate of drug-likeness (QED) is 0.613. The molecular formula is C11H16O2. The van der Waals surface area contributed by atoms with Crippen LogP contribution in [0.1, 0.15) is 25.7 Å². The summed E-state index contributed by atoms with van der Waals surface area (Å²) in [6.45, 7) is 0. The maximum absolute atomic E-state index is 11.9. The van der Waals surface area contributed by atoms with Gasteiger partial charge in [0.1, 0.15) is 5.78 Å². The summed E-state index contributed by atoms with van der Waals surface area (Å²) in [5.74, 6) is 2.73. The maximum atomic E-state index is 11.9. The van der Waals surface area contributed by atoms with Crippen LogP contribution < -0.4 is 0 Å². The van der Waals surface area contributed by atoms with Crippen LogP contribution in [0.25, 0.3) is 0 Å². The molecule has 0 radical (unpaired) electrons. The molecule has 72 valence electrons. The van der Waals surface area contributed by atoms with E-state index in [0.29, 0.717) is 17.6 Å². The van der Waals surface area contributed by atoms with Gasteiger partial charge >= 0.3 is 0 Å². The summed E-state index contributed by atoms with van der Waals surface area (Å²) in [5.41, 5.74) is 0. The first kappa shape index (κ1) is 7.98. The molecule has 0 aliphatic heterocycles. The topological polar surface area (TPSA) is 26.3 Å². The van der Waals surface area contributed by atoms with Gasteiger partial charge in [-0.1, -0.05) is 0 Å². The minimum absolute atomic E-state index is 0.264. The lowest BCUT2D eigenvalue weighted by Gasteiger charge is -2.52. The number of methoxy groups -OCH3 is 1. The predicted octanol–water partition coefficient (Wildman–Crippen LogP) is 1.64. The number of hydrogen-bond acceptors (Lipinski definition) is 2. The van der Waals surface area contributed by atoms with Gasteiger partial charge in [-0.15, -0.1) is 0 Å². The summed E-state index contributed by atoms with van der Waals surface area (Å²) in [4.78, 5) is 11.9. The van der Waals surface area contributed by atoms with E-state index in [0.717, 1.165) is 18.8 Å². The molecule has 2 nitrogen and oxygen atoms in total. The van der Waals surface area contributed by atoms with Crippen molar-refractivity contribution in [1.82, 2.24) is 0 Å². The molecule has 0 aromatic rings. The third-order valence-electron chi connectivity index (χ3n) is 4.33. The van der Waals surface area contributed by atoms with Crippen molar-refractivity contribution in [2.45, 2.75) is 31.8 Å². The van der Waals surface area contributed by atoms with Crippen molar-refractivity contribution >= 4 is 5.78 Å². The predicted molar refractivity (Wildman–Crippen MR) is 48.2 cm³/mol. The molecule has 13 heavy (non-hydrogen) atoms. The van der Waals surface area contributed by atoms with Crippen LogP contribution >= 0.6 is 0 Å². The highest BCUT2D eigenvalue weighted by Gasteiger charge is 2.53. The highest BCUT2D eigenvalue weighted by Crippen LogP contribution is 2.52. The Kier molecular flexibility index (Phi) is 1.58. The van der Waals surface area contributed by atoms with Crippen molar-refractivity contribution in [2.75, 3.05) is 7.11 Å². The molecular weight excluding hydrogens is 164 g/mol. The molecule has 2 heteroatoms. The Bertz CT molecular complexity index is 248. The van der Waals surface area contributed by atoms with Gasteiger partial charge in [-0.05, 0) is 37.5 Å². The minimum Gasteiger partial charge on any atom is -0.380 e. The zero-order valence-electron chi connectivity index (χ0n) is 8.03. The van der Waals surface area contributed by atoms with Crippen molar-refractivity contribution in [1.29, 1.82) is 0 Å². The van der Waals surface area contributed by atoms with E-state index in [1.54, 1.807) is 7.11 Å². The molecule has 0 saturated heterocycles. The summed E-state index contributed by atoms with van der Waals surface area (Å²) in [7, 11) is 1.76. The third-order valence-corrected chi connectivity index (χ3v) is 4.33. The Morgan fingerprint density at radius 2 is 2.08 bits per heavy atom. The largest absolute Gasteiger partial charge is 0.380 e. The molecule has 5 atom stereocenters. The third kappa shape index (κ3) is 0.954. The monoisotopic (exact) mass is 180 g/mol. The Morgan fingerprint density at radius 3 is 2.85 bits per heavy atom. The van der Waals surface area contributed by atoms with Gasteiger partial charge in [0.15, 0.2) is 0 Å². The van der Waals surface area contributed by atoms with E-state index in [-0.39, 0.29) is 12.0 Å². The number of ether oxygens (including phenoxy) is 1. The number of Topliss-reactive ketones (excluding diaryl/α,β-unsaturated/α-hetero) is 1. The number of ketones is 1. The van der Waals surface area contributed by atoms with E-state index in [1.807, 2.05) is 0 Å². The van der Waals surface area contributed by atoms with Crippen LogP contribution in [0.2, 0.25) is 0 Å². The van der Waals surface area contributed by atoms with Crippen molar-refractivity contribution in [3.8, 4) is 0 Å². The standard InChI is InChI=1S/C11H16O2/c1-13-11-8-3-6-2-7(5-8)10(12)9(11)4-6/h6-9,11H,2-5H2,1H3/t6-,7+,8-,9+,11-/m1/s1. The lowest BCUT2D eigenvalue weighted by atomic mass is 9.54. The molecule has 4 aliphatic carbocycles. The van der Waals surface area contributed by atoms with E-state index in [2.05, 4.69) is 0 Å². The molecule has 4 aliphatic rings. The van der Waals surface area contributed by atoms with Gasteiger partial charge in [-0.3, -0.25) is 4.79 Å². The van der Waals surface area contributed by atoms with Gasteiger partial charge in [-0.25, -0.2) is 0 Å². The zero-order valence-corrected chi connectivity index (χ0v) is 8.03. The summed E-state index contributed by atoms with van der Waals surface area (Å²) in [6, 6.07) is 0. The number of carbonyl (C=O) groups is 1. The van der Waals surface area contributed by atoms with Gasteiger partial charge in [-0.2, -0.15) is 0 Å². The fourth-order valence-electron chi connectivity index (χ4n) is 3.94. The van der Waals surface area contributed by atoms with Crippen molar-refractivity contribution < 1.29 is 9.53 Å². The van der Waals surface area contributed by atoms with E-state index in [9.17, 15) is 4.79 Å². The SMILES string of the molecule is CO[C@@H]1[C@@H]2C[C@H]3C[C@@H](C2)C(=O)[C@@H]1C3. The summed E-state index contributed by atoms with van der Waals surface area (Å²) in [5, 5.41) is 0. The van der Waals surface area contributed by atoms with E-state index < -0.39 is 0 Å². The molecule has 0 unspecified atom stereocenters. The second-order valence-corrected chi connectivity index (χ2v) is 4.98. The van der Waals surface area contributed by atoms with Crippen LogP contribution in [0.3, 0.4) is 0 Å². The number of carbonyl (C=O) groups excluding carboxylic acids is 1. The Hall–Kier alpha value is -0.370. The first-order valence-corrected chi connectivity index (χ1v) is 5.36. The molecule has 4 fully saturated rings. The molecule has 0 heterocycles. The molecule has 4 saturated carbocycles. The van der Waals surface area contributed by atoms with Gasteiger partial charge in [0.2, 0.25) is 0 Å². The van der Waals surface area contributed by atoms with E-state index in [4.69, 9.17) is 4.74 Å². The Morgan fingerprint density at radius 1 is 1.23 bits per heavy atom. The van der Waals surface area contributed by atoms with Crippen LogP contribution in [0.4, 0.5) is 0 Å². The molecule has 0 N–H and O–H groups in total. The van der Waals surface area contributed by atoms with Crippen LogP contribution in [0.5, 0.6) is 0 Å². The molecule has 4 bridgehead atoms. The van der Waals surface area contributed by atoms with Crippen LogP contribution in [0.15, 0.2) is 0 Å². The smallest absolute Gasteiger partial charge is 0.141 e. The summed E-state index contributed by atoms with van der Waals surface area (Å²) < 4.78 is 5.48. The number of hydrogen-bond donors (Lipinski definition) is 0. The first-order chi connectivity index (χ1) is 6.29. The Balaban J connectivity index is 1.94. The van der Waals surface area contributed by atoms with Crippen LogP contribution in [-0.2, 0) is 9.53 Å². The minimum atomic E-state index is 0.264. The highest BCUT2D eigenvalue weighted by molar-refractivity contribution is 5.86. The fourth-order valence-corrected chi connectivity index (χ4v) is 3.94. The zero-order chi connectivity index (χ0) is 9.00. The van der Waals surface area contributed by atoms with Gasteiger partial charge in [0.05, 0.1) is 6.10 Å². The average Bonchev–Trinajstić information content (AvgIpc) is 2.13. The summed E-state index contributed by atoms with van der Waals surface area (Å²) >= 11 is 0. The van der Waals surface area contributed by atoms with E-state index in [1.165, 1.54) is 12.8 Å². The van der Waals surface area contributed by atoms with Crippen LogP contribution in [0, 0.1) is 23.7 Å². The fraction of sp³-hybridized carbons (Fsp3) is 0.909. The molecule has 4 rings (SSSR count). The van der Waals surface area contributed by atoms with Gasteiger partial charge < -0.3 is 4.74 Å². The highest BCUT2D eigenvalue weighted by atomic mass is 16.5. The molecule has 0 spiro atoms. The van der Waals surface area contributed by atoms with Crippen molar-refractivity contribution in [3.05, 3.63) is 0 Å². The first-order valence-electron chi connectivity index (χ1n) is 5.36. The summed E-state index contributed by atoms with van der Waals surface area (Å²) in [6.07, 6.45) is 5.00.